The number of para-hydroxylation sites is 1. The Morgan fingerprint density at radius 3 is 2.58 bits per heavy atom. The van der Waals surface area contributed by atoms with Crippen molar-refractivity contribution < 1.29 is 18.8 Å². The van der Waals surface area contributed by atoms with E-state index in [4.69, 9.17) is 4.74 Å². The van der Waals surface area contributed by atoms with Crippen LogP contribution in [0, 0.1) is 27.3 Å². The summed E-state index contributed by atoms with van der Waals surface area (Å²) < 4.78 is 18.5. The van der Waals surface area contributed by atoms with Crippen LogP contribution in [0.1, 0.15) is 11.1 Å². The summed E-state index contributed by atoms with van der Waals surface area (Å²) in [6.45, 7) is -0.305. The molecule has 0 aliphatic rings. The second-order valence-corrected chi connectivity index (χ2v) is 6.36. The predicted octanol–water partition coefficient (Wildman–Crippen LogP) is 4.82. The topological polar surface area (TPSA) is 105 Å². The van der Waals surface area contributed by atoms with Crippen LogP contribution >= 0.6 is 0 Å². The van der Waals surface area contributed by atoms with Crippen molar-refractivity contribution in [3.63, 3.8) is 0 Å². The second kappa shape index (κ2) is 9.80. The van der Waals surface area contributed by atoms with Gasteiger partial charge >= 0.3 is 0 Å². The third-order valence-electron chi connectivity index (χ3n) is 4.19. The third-order valence-corrected chi connectivity index (χ3v) is 4.19. The number of carbonyl (C=O) groups is 1. The number of non-ortho nitro benzene ring substituents is 1. The minimum atomic E-state index is -0.532. The minimum absolute atomic E-state index is 0.124. The van der Waals surface area contributed by atoms with Crippen LogP contribution in [0.2, 0.25) is 0 Å². The van der Waals surface area contributed by atoms with Crippen molar-refractivity contribution in [2.24, 2.45) is 0 Å². The summed E-state index contributed by atoms with van der Waals surface area (Å²) in [4.78, 5) is 22.6. The maximum absolute atomic E-state index is 13.0. The molecule has 0 unspecified atom stereocenters. The molecule has 3 aromatic rings. The fourth-order valence-electron chi connectivity index (χ4n) is 2.73. The number of carbonyl (C=O) groups excluding carboxylic acids is 1. The number of nitrogens with zero attached hydrogens (tertiary/aromatic N) is 2. The number of rotatable bonds is 7. The van der Waals surface area contributed by atoms with Crippen LogP contribution in [0.4, 0.5) is 15.8 Å². The van der Waals surface area contributed by atoms with Crippen molar-refractivity contribution in [3.8, 4) is 11.8 Å². The molecule has 0 spiro atoms. The smallest absolute Gasteiger partial charge is 0.270 e. The first-order chi connectivity index (χ1) is 15.0. The molecule has 0 aliphatic carbocycles. The van der Waals surface area contributed by atoms with E-state index in [1.807, 2.05) is 6.07 Å². The number of anilines is 1. The van der Waals surface area contributed by atoms with E-state index in [0.717, 1.165) is 0 Å². The summed E-state index contributed by atoms with van der Waals surface area (Å²) in [7, 11) is 0. The number of nitrogens with one attached hydrogen (secondary N) is 1. The minimum Gasteiger partial charge on any atom is -0.483 e. The van der Waals surface area contributed by atoms with E-state index >= 15 is 0 Å². The molecular formula is C23H16FN3O4. The molecule has 0 radical (unpaired) electrons. The zero-order chi connectivity index (χ0) is 22.2. The molecule has 0 heterocycles. The number of nitriles is 1. The van der Waals surface area contributed by atoms with Crippen LogP contribution in [0.3, 0.4) is 0 Å². The average Bonchev–Trinajstić information content (AvgIpc) is 2.78. The van der Waals surface area contributed by atoms with Crippen molar-refractivity contribution in [2.75, 3.05) is 11.9 Å². The number of amides is 1. The van der Waals surface area contributed by atoms with Crippen LogP contribution in [0.5, 0.6) is 5.75 Å². The summed E-state index contributed by atoms with van der Waals surface area (Å²) >= 11 is 0. The Hall–Kier alpha value is -4.51. The number of hydrogen-bond donors (Lipinski definition) is 1. The standard InChI is InChI=1S/C23H16FN3O4/c24-19-8-10-20(11-9-19)26-23(28)15-31-22-7-2-1-4-17(22)12-18(14-25)16-5-3-6-21(13-16)27(29)30/h1-13H,15H2,(H,26,28)/b18-12-. The molecule has 1 amide bonds. The Labute approximate surface area is 177 Å². The Morgan fingerprint density at radius 2 is 1.87 bits per heavy atom. The van der Waals surface area contributed by atoms with Crippen LogP contribution in [0.15, 0.2) is 72.8 Å². The fraction of sp³-hybridized carbons (Fsp3) is 0.0435. The lowest BCUT2D eigenvalue weighted by Crippen LogP contribution is -2.20. The van der Waals surface area contributed by atoms with Crippen molar-refractivity contribution in [1.82, 2.24) is 0 Å². The normalized spacial score (nSPS) is 10.8. The largest absolute Gasteiger partial charge is 0.483 e. The second-order valence-electron chi connectivity index (χ2n) is 6.36. The van der Waals surface area contributed by atoms with E-state index in [9.17, 15) is 24.6 Å². The van der Waals surface area contributed by atoms with Gasteiger partial charge in [-0.2, -0.15) is 5.26 Å². The highest BCUT2D eigenvalue weighted by molar-refractivity contribution is 5.93. The molecule has 0 fully saturated rings. The average molecular weight is 417 g/mol. The molecule has 154 valence electrons. The zero-order valence-electron chi connectivity index (χ0n) is 16.1. The summed E-state index contributed by atoms with van der Waals surface area (Å²) in [5, 5.41) is 23.1. The first-order valence-electron chi connectivity index (χ1n) is 9.10. The van der Waals surface area contributed by atoms with Crippen LogP contribution in [-0.4, -0.2) is 17.4 Å². The number of nitro groups is 1. The molecule has 3 rings (SSSR count). The molecule has 0 aliphatic heterocycles. The highest BCUT2D eigenvalue weighted by Gasteiger charge is 2.11. The van der Waals surface area contributed by atoms with Gasteiger partial charge in [-0.1, -0.05) is 30.3 Å². The van der Waals surface area contributed by atoms with E-state index < -0.39 is 16.6 Å². The van der Waals surface area contributed by atoms with Crippen molar-refractivity contribution in [2.45, 2.75) is 0 Å². The fourth-order valence-corrected chi connectivity index (χ4v) is 2.73. The maximum atomic E-state index is 13.0. The SMILES string of the molecule is N#C/C(=C/c1ccccc1OCC(=O)Nc1ccc(F)cc1)c1cccc([N+](=O)[O-])c1. The van der Waals surface area contributed by atoms with E-state index in [2.05, 4.69) is 5.32 Å². The van der Waals surface area contributed by atoms with Gasteiger partial charge in [0, 0.05) is 23.4 Å². The van der Waals surface area contributed by atoms with E-state index in [0.29, 0.717) is 22.6 Å². The number of hydrogen-bond acceptors (Lipinski definition) is 5. The van der Waals surface area contributed by atoms with Crippen LogP contribution < -0.4 is 10.1 Å². The van der Waals surface area contributed by atoms with Crippen molar-refractivity contribution in [3.05, 3.63) is 99.9 Å². The lowest BCUT2D eigenvalue weighted by atomic mass is 10.0. The monoisotopic (exact) mass is 417 g/mol. The molecule has 1 N–H and O–H groups in total. The Bertz CT molecular complexity index is 1180. The van der Waals surface area contributed by atoms with E-state index in [1.165, 1.54) is 48.5 Å². The lowest BCUT2D eigenvalue weighted by Gasteiger charge is -2.10. The molecule has 7 nitrogen and oxygen atoms in total. The van der Waals surface area contributed by atoms with Gasteiger partial charge in [-0.15, -0.1) is 0 Å². The van der Waals surface area contributed by atoms with Gasteiger partial charge in [0.15, 0.2) is 6.61 Å². The van der Waals surface area contributed by atoms with E-state index in [-0.39, 0.29) is 17.9 Å². The van der Waals surface area contributed by atoms with Gasteiger partial charge in [-0.25, -0.2) is 4.39 Å². The van der Waals surface area contributed by atoms with Crippen LogP contribution in [0.25, 0.3) is 11.6 Å². The molecule has 3 aromatic carbocycles. The quantitative estimate of drug-likeness (QED) is 0.257. The third kappa shape index (κ3) is 5.74. The van der Waals surface area contributed by atoms with Gasteiger partial charge in [0.1, 0.15) is 11.6 Å². The predicted molar refractivity (Wildman–Crippen MR) is 114 cm³/mol. The molecule has 0 bridgehead atoms. The summed E-state index contributed by atoms with van der Waals surface area (Å²) in [6.07, 6.45) is 1.53. The number of allylic oxidation sites excluding steroid dienone is 1. The van der Waals surface area contributed by atoms with E-state index in [1.54, 1.807) is 30.3 Å². The Balaban J connectivity index is 1.77. The van der Waals surface area contributed by atoms with Gasteiger partial charge in [0.2, 0.25) is 0 Å². The number of nitro benzene ring substituents is 1. The van der Waals surface area contributed by atoms with Gasteiger partial charge in [0.05, 0.1) is 16.6 Å². The Kier molecular flexibility index (Phi) is 6.71. The highest BCUT2D eigenvalue weighted by Crippen LogP contribution is 2.26. The molecule has 0 saturated carbocycles. The number of ether oxygens (including phenoxy) is 1. The number of benzene rings is 3. The summed E-state index contributed by atoms with van der Waals surface area (Å²) in [5.74, 6) is -0.494. The lowest BCUT2D eigenvalue weighted by molar-refractivity contribution is -0.384. The van der Waals surface area contributed by atoms with Gasteiger partial charge in [-0.3, -0.25) is 14.9 Å². The molecule has 8 heteroatoms. The molecular weight excluding hydrogens is 401 g/mol. The summed E-state index contributed by atoms with van der Waals surface area (Å²) in [6, 6.07) is 19.9. The van der Waals surface area contributed by atoms with Gasteiger partial charge < -0.3 is 10.1 Å². The van der Waals surface area contributed by atoms with Crippen molar-refractivity contribution >= 4 is 28.9 Å². The highest BCUT2D eigenvalue weighted by atomic mass is 19.1. The first-order valence-corrected chi connectivity index (χ1v) is 9.10. The molecule has 0 atom stereocenters. The summed E-state index contributed by atoms with van der Waals surface area (Å²) in [5.41, 5.74) is 1.43. The zero-order valence-corrected chi connectivity index (χ0v) is 16.1. The number of halogens is 1. The van der Waals surface area contributed by atoms with Gasteiger partial charge in [0.25, 0.3) is 11.6 Å². The van der Waals surface area contributed by atoms with Gasteiger partial charge in [-0.05, 0) is 42.0 Å². The Morgan fingerprint density at radius 1 is 1.13 bits per heavy atom. The molecule has 0 aromatic heterocycles. The molecule has 0 saturated heterocycles. The maximum Gasteiger partial charge on any atom is 0.270 e. The van der Waals surface area contributed by atoms with Crippen molar-refractivity contribution in [1.29, 1.82) is 5.26 Å². The first kappa shape index (κ1) is 21.2. The molecule has 31 heavy (non-hydrogen) atoms. The van der Waals surface area contributed by atoms with Crippen LogP contribution in [-0.2, 0) is 4.79 Å².